The molecular weight excluding hydrogens is 420 g/mol. The Balaban J connectivity index is 1.56. The molecule has 4 rings (SSSR count). The summed E-state index contributed by atoms with van der Waals surface area (Å²) in [5.74, 6) is 0.516. The second-order valence-electron chi connectivity index (χ2n) is 8.32. The zero-order chi connectivity index (χ0) is 23.4. The van der Waals surface area contributed by atoms with Gasteiger partial charge in [-0.3, -0.25) is 19.8 Å². The van der Waals surface area contributed by atoms with Crippen LogP contribution in [-0.2, 0) is 13.1 Å². The van der Waals surface area contributed by atoms with Gasteiger partial charge in [0.15, 0.2) is 0 Å². The quantitative estimate of drug-likeness (QED) is 0.415. The van der Waals surface area contributed by atoms with Gasteiger partial charge >= 0.3 is 0 Å². The third kappa shape index (κ3) is 5.04. The van der Waals surface area contributed by atoms with Crippen molar-refractivity contribution >= 4 is 28.3 Å². The van der Waals surface area contributed by atoms with Crippen LogP contribution in [0.15, 0.2) is 42.5 Å². The highest BCUT2D eigenvalue weighted by atomic mass is 16.6. The van der Waals surface area contributed by atoms with Gasteiger partial charge < -0.3 is 14.8 Å². The monoisotopic (exact) mass is 450 g/mol. The first-order chi connectivity index (χ1) is 16.0. The van der Waals surface area contributed by atoms with Crippen LogP contribution < -0.4 is 5.32 Å². The molecule has 0 radical (unpaired) electrons. The highest BCUT2D eigenvalue weighted by Gasteiger charge is 2.21. The van der Waals surface area contributed by atoms with E-state index in [4.69, 9.17) is 4.98 Å². The summed E-state index contributed by atoms with van der Waals surface area (Å²) < 4.78 is 2.26. The van der Waals surface area contributed by atoms with Gasteiger partial charge in [-0.25, -0.2) is 4.98 Å². The summed E-state index contributed by atoms with van der Waals surface area (Å²) in [6, 6.07) is 11.6. The van der Waals surface area contributed by atoms with Crippen molar-refractivity contribution in [2.24, 2.45) is 0 Å². The van der Waals surface area contributed by atoms with E-state index < -0.39 is 10.8 Å². The molecule has 1 aliphatic heterocycles. The van der Waals surface area contributed by atoms with Crippen molar-refractivity contribution in [3.05, 3.63) is 64.0 Å². The number of nitrogens with one attached hydrogen (secondary N) is 1. The molecule has 1 saturated heterocycles. The summed E-state index contributed by atoms with van der Waals surface area (Å²) in [6.45, 7) is 11.3. The third-order valence-corrected chi connectivity index (χ3v) is 6.15. The van der Waals surface area contributed by atoms with Crippen molar-refractivity contribution in [1.82, 2.24) is 19.4 Å². The van der Waals surface area contributed by atoms with Crippen LogP contribution >= 0.6 is 0 Å². The van der Waals surface area contributed by atoms with Gasteiger partial charge in [-0.05, 0) is 37.2 Å². The van der Waals surface area contributed by atoms with Crippen LogP contribution in [0.2, 0.25) is 0 Å². The van der Waals surface area contributed by atoms with Gasteiger partial charge in [0.1, 0.15) is 11.4 Å². The van der Waals surface area contributed by atoms with Crippen LogP contribution in [-0.4, -0.2) is 62.9 Å². The summed E-state index contributed by atoms with van der Waals surface area (Å²) in [6.07, 6.45) is 0.998. The van der Waals surface area contributed by atoms with Crippen LogP contribution in [0.5, 0.6) is 0 Å². The first-order valence-corrected chi connectivity index (χ1v) is 11.5. The van der Waals surface area contributed by atoms with E-state index >= 15 is 0 Å². The van der Waals surface area contributed by atoms with Crippen molar-refractivity contribution in [1.29, 1.82) is 0 Å². The number of amides is 1. The molecule has 2 aromatic carbocycles. The molecule has 0 unspecified atom stereocenters. The van der Waals surface area contributed by atoms with Gasteiger partial charge in [0.05, 0.1) is 22.5 Å². The number of aryl methyl sites for hydroxylation is 1. The number of hydrogen-bond donors (Lipinski definition) is 1. The molecule has 1 aromatic heterocycles. The second-order valence-corrected chi connectivity index (χ2v) is 8.32. The largest absolute Gasteiger partial charge is 0.327 e. The predicted octanol–water partition coefficient (Wildman–Crippen LogP) is 3.74. The number of piperazine rings is 1. The molecule has 1 amide bonds. The Morgan fingerprint density at radius 1 is 1.09 bits per heavy atom. The number of benzene rings is 2. The first kappa shape index (κ1) is 22.9. The predicted molar refractivity (Wildman–Crippen MR) is 128 cm³/mol. The number of imidazole rings is 1. The van der Waals surface area contributed by atoms with E-state index in [1.54, 1.807) is 12.1 Å². The lowest BCUT2D eigenvalue weighted by atomic mass is 10.1. The molecule has 33 heavy (non-hydrogen) atoms. The van der Waals surface area contributed by atoms with E-state index in [0.29, 0.717) is 5.69 Å². The summed E-state index contributed by atoms with van der Waals surface area (Å²) >= 11 is 0. The molecule has 9 heteroatoms. The van der Waals surface area contributed by atoms with E-state index in [0.717, 1.165) is 69.1 Å². The van der Waals surface area contributed by atoms with Crippen LogP contribution in [0.3, 0.4) is 0 Å². The van der Waals surface area contributed by atoms with Crippen LogP contribution in [0.25, 0.3) is 11.0 Å². The number of hydrogen-bond acceptors (Lipinski definition) is 6. The Labute approximate surface area is 193 Å². The fourth-order valence-corrected chi connectivity index (χ4v) is 4.34. The normalized spacial score (nSPS) is 15.1. The lowest BCUT2D eigenvalue weighted by Crippen LogP contribution is -2.45. The van der Waals surface area contributed by atoms with Gasteiger partial charge in [0.2, 0.25) is 0 Å². The van der Waals surface area contributed by atoms with Crippen molar-refractivity contribution in [3.8, 4) is 0 Å². The fraction of sp³-hybridized carbons (Fsp3) is 0.417. The Morgan fingerprint density at radius 3 is 2.52 bits per heavy atom. The fourth-order valence-electron chi connectivity index (χ4n) is 4.34. The maximum atomic E-state index is 12.7. The standard InChI is InChI=1S/C24H30N6O3/c1-3-11-29-22-10-9-18(25-24(31)19-7-5-6-8-21(19)30(32)33)16-20(22)26-23(29)17-28-14-12-27(4-2)13-15-28/h5-10,16H,3-4,11-15,17H2,1-2H3,(H,25,31). The molecule has 1 aliphatic rings. The Morgan fingerprint density at radius 2 is 1.82 bits per heavy atom. The SMILES string of the molecule is CCCn1c(CN2CCN(CC)CC2)nc2cc(NC(=O)c3ccccc3[N+](=O)[O-])ccc21. The van der Waals surface area contributed by atoms with Crippen molar-refractivity contribution in [3.63, 3.8) is 0 Å². The van der Waals surface area contributed by atoms with E-state index in [1.807, 2.05) is 18.2 Å². The Kier molecular flexibility index (Phi) is 7.00. The molecule has 174 valence electrons. The van der Waals surface area contributed by atoms with E-state index in [1.165, 1.54) is 12.1 Å². The lowest BCUT2D eigenvalue weighted by Gasteiger charge is -2.33. The Bertz CT molecular complexity index is 1150. The van der Waals surface area contributed by atoms with E-state index in [-0.39, 0.29) is 11.3 Å². The maximum absolute atomic E-state index is 12.7. The van der Waals surface area contributed by atoms with Gasteiger partial charge in [-0.1, -0.05) is 26.0 Å². The number of nitro groups is 1. The van der Waals surface area contributed by atoms with Crippen LogP contribution in [0.4, 0.5) is 11.4 Å². The number of likely N-dealkylation sites (N-methyl/N-ethyl adjacent to an activating group) is 1. The molecule has 0 aliphatic carbocycles. The smallest absolute Gasteiger partial charge is 0.282 e. The minimum Gasteiger partial charge on any atom is -0.327 e. The number of carbonyl (C=O) groups excluding carboxylic acids is 1. The lowest BCUT2D eigenvalue weighted by molar-refractivity contribution is -0.385. The molecule has 2 heterocycles. The summed E-state index contributed by atoms with van der Waals surface area (Å²) in [5.41, 5.74) is 2.23. The summed E-state index contributed by atoms with van der Waals surface area (Å²) in [5, 5.41) is 14.1. The van der Waals surface area contributed by atoms with Crippen molar-refractivity contribution < 1.29 is 9.72 Å². The topological polar surface area (TPSA) is 96.5 Å². The third-order valence-electron chi connectivity index (χ3n) is 6.15. The molecule has 1 N–H and O–H groups in total. The molecular formula is C24H30N6O3. The molecule has 0 atom stereocenters. The summed E-state index contributed by atoms with van der Waals surface area (Å²) in [4.78, 5) is 33.2. The number of aromatic nitrogens is 2. The summed E-state index contributed by atoms with van der Waals surface area (Å²) in [7, 11) is 0. The molecule has 1 fully saturated rings. The zero-order valence-electron chi connectivity index (χ0n) is 19.2. The average molecular weight is 451 g/mol. The van der Waals surface area contributed by atoms with Gasteiger partial charge in [0.25, 0.3) is 11.6 Å². The van der Waals surface area contributed by atoms with E-state index in [2.05, 4.69) is 33.5 Å². The molecule has 9 nitrogen and oxygen atoms in total. The number of fused-ring (bicyclic) bond motifs is 1. The number of rotatable bonds is 8. The average Bonchev–Trinajstić information content (AvgIpc) is 3.15. The highest BCUT2D eigenvalue weighted by molar-refractivity contribution is 6.07. The molecule has 0 spiro atoms. The Hall–Kier alpha value is -3.30. The first-order valence-electron chi connectivity index (χ1n) is 11.5. The van der Waals surface area contributed by atoms with Crippen molar-refractivity contribution in [2.45, 2.75) is 33.4 Å². The number of anilines is 1. The zero-order valence-corrected chi connectivity index (χ0v) is 19.2. The molecule has 0 bridgehead atoms. The van der Waals surface area contributed by atoms with Gasteiger partial charge in [0, 0.05) is 44.5 Å². The number of nitrogens with zero attached hydrogens (tertiary/aromatic N) is 5. The minimum atomic E-state index is -0.545. The van der Waals surface area contributed by atoms with Crippen molar-refractivity contribution in [2.75, 3.05) is 38.0 Å². The van der Waals surface area contributed by atoms with Crippen LogP contribution in [0.1, 0.15) is 36.5 Å². The van der Waals surface area contributed by atoms with Gasteiger partial charge in [-0.15, -0.1) is 0 Å². The highest BCUT2D eigenvalue weighted by Crippen LogP contribution is 2.24. The molecule has 3 aromatic rings. The minimum absolute atomic E-state index is 0.0334. The number of para-hydroxylation sites is 1. The number of nitro benzene ring substituents is 1. The van der Waals surface area contributed by atoms with Gasteiger partial charge in [-0.2, -0.15) is 0 Å². The second kappa shape index (κ2) is 10.1. The number of carbonyl (C=O) groups is 1. The maximum Gasteiger partial charge on any atom is 0.282 e. The van der Waals surface area contributed by atoms with Crippen LogP contribution in [0, 0.1) is 10.1 Å². The van der Waals surface area contributed by atoms with E-state index in [9.17, 15) is 14.9 Å². The molecule has 0 saturated carbocycles.